The fraction of sp³-hybridized carbons (Fsp3) is 0.250. The lowest BCUT2D eigenvalue weighted by Gasteiger charge is -2.34. The summed E-state index contributed by atoms with van der Waals surface area (Å²) in [6, 6.07) is 17.0. The summed E-state index contributed by atoms with van der Waals surface area (Å²) in [5, 5.41) is 0. The first-order valence-corrected chi connectivity index (χ1v) is 10.2. The molecule has 0 radical (unpaired) electrons. The van der Waals surface area contributed by atoms with Crippen molar-refractivity contribution >= 4 is 11.8 Å². The zero-order valence-corrected chi connectivity index (χ0v) is 17.0. The highest BCUT2D eigenvalue weighted by atomic mass is 19.1. The Hall–Kier alpha value is -3.61. The summed E-state index contributed by atoms with van der Waals surface area (Å²) < 4.78 is 24.2. The maximum absolute atomic E-state index is 13.0. The van der Waals surface area contributed by atoms with Crippen molar-refractivity contribution in [1.29, 1.82) is 0 Å². The minimum atomic E-state index is -0.324. The third-order valence-electron chi connectivity index (χ3n) is 5.27. The molecule has 0 spiro atoms. The number of furan rings is 1. The number of nitrogens with zero attached hydrogens (tertiary/aromatic N) is 2. The lowest BCUT2D eigenvalue weighted by molar-refractivity contribution is -0.131. The molecule has 1 aliphatic heterocycles. The van der Waals surface area contributed by atoms with Crippen LogP contribution in [-0.2, 0) is 17.8 Å². The van der Waals surface area contributed by atoms with Crippen molar-refractivity contribution in [2.24, 2.45) is 0 Å². The quantitative estimate of drug-likeness (QED) is 0.610. The van der Waals surface area contributed by atoms with Gasteiger partial charge in [0.05, 0.1) is 12.7 Å². The Morgan fingerprint density at radius 2 is 1.58 bits per heavy atom. The molecule has 0 atom stereocenters. The Bertz CT molecular complexity index is 1030. The molecule has 0 N–H and O–H groups in total. The largest absolute Gasteiger partial charge is 0.489 e. The van der Waals surface area contributed by atoms with E-state index in [0.717, 1.165) is 11.3 Å². The Labute approximate surface area is 179 Å². The van der Waals surface area contributed by atoms with E-state index in [-0.39, 0.29) is 36.4 Å². The van der Waals surface area contributed by atoms with Gasteiger partial charge in [0.25, 0.3) is 5.91 Å². The van der Waals surface area contributed by atoms with Crippen molar-refractivity contribution in [3.8, 4) is 5.75 Å². The maximum Gasteiger partial charge on any atom is 0.290 e. The van der Waals surface area contributed by atoms with Gasteiger partial charge < -0.3 is 19.0 Å². The number of ether oxygens (including phenoxy) is 1. The predicted molar refractivity (Wildman–Crippen MR) is 112 cm³/mol. The highest BCUT2D eigenvalue weighted by Gasteiger charge is 2.28. The van der Waals surface area contributed by atoms with Crippen LogP contribution in [0.2, 0.25) is 0 Å². The van der Waals surface area contributed by atoms with Crippen molar-refractivity contribution in [2.45, 2.75) is 13.0 Å². The molecular formula is C24H23FN2O4. The first-order valence-electron chi connectivity index (χ1n) is 10.2. The number of halogens is 1. The number of carbonyl (C=O) groups is 2. The highest BCUT2D eigenvalue weighted by molar-refractivity contribution is 5.93. The molecule has 4 rings (SSSR count). The summed E-state index contributed by atoms with van der Waals surface area (Å²) >= 11 is 0. The summed E-state index contributed by atoms with van der Waals surface area (Å²) in [7, 11) is 0. The summed E-state index contributed by atoms with van der Waals surface area (Å²) in [5.74, 6) is 0.420. The Morgan fingerprint density at radius 1 is 0.903 bits per heavy atom. The number of hydrogen-bond acceptors (Lipinski definition) is 4. The van der Waals surface area contributed by atoms with Gasteiger partial charge in [-0.05, 0) is 35.9 Å². The molecule has 0 aliphatic carbocycles. The van der Waals surface area contributed by atoms with E-state index in [0.29, 0.717) is 31.7 Å². The fourth-order valence-electron chi connectivity index (χ4n) is 3.51. The van der Waals surface area contributed by atoms with Crippen molar-refractivity contribution in [2.75, 3.05) is 26.2 Å². The molecule has 2 heterocycles. The monoisotopic (exact) mass is 422 g/mol. The van der Waals surface area contributed by atoms with Crippen molar-refractivity contribution < 1.29 is 23.1 Å². The Kier molecular flexibility index (Phi) is 6.31. The molecule has 2 aromatic carbocycles. The lowest BCUT2D eigenvalue weighted by atomic mass is 10.1. The zero-order chi connectivity index (χ0) is 21.6. The number of rotatable bonds is 6. The van der Waals surface area contributed by atoms with E-state index < -0.39 is 0 Å². The van der Waals surface area contributed by atoms with Crippen LogP contribution in [0.25, 0.3) is 0 Å². The second kappa shape index (κ2) is 9.47. The van der Waals surface area contributed by atoms with Gasteiger partial charge in [-0.1, -0.05) is 30.3 Å². The van der Waals surface area contributed by atoms with Gasteiger partial charge in [-0.3, -0.25) is 9.59 Å². The second-order valence-electron chi connectivity index (χ2n) is 7.35. The lowest BCUT2D eigenvalue weighted by Crippen LogP contribution is -2.51. The summed E-state index contributed by atoms with van der Waals surface area (Å²) in [6.07, 6.45) is 1.70. The summed E-state index contributed by atoms with van der Waals surface area (Å²) in [4.78, 5) is 28.9. The van der Waals surface area contributed by atoms with E-state index in [1.165, 1.54) is 18.4 Å². The minimum absolute atomic E-state index is 0.0337. The molecule has 0 unspecified atom stereocenters. The summed E-state index contributed by atoms with van der Waals surface area (Å²) in [6.45, 7) is 1.98. The average Bonchev–Trinajstić information content (AvgIpc) is 3.28. The highest BCUT2D eigenvalue weighted by Crippen LogP contribution is 2.18. The predicted octanol–water partition coefficient (Wildman–Crippen LogP) is 3.52. The van der Waals surface area contributed by atoms with Gasteiger partial charge >= 0.3 is 0 Å². The van der Waals surface area contributed by atoms with Crippen molar-refractivity contribution in [3.63, 3.8) is 0 Å². The van der Waals surface area contributed by atoms with Gasteiger partial charge in [0.2, 0.25) is 5.91 Å². The molecule has 1 saturated heterocycles. The number of piperazine rings is 1. The maximum atomic E-state index is 13.0. The average molecular weight is 422 g/mol. The van der Waals surface area contributed by atoms with Crippen LogP contribution in [-0.4, -0.2) is 47.8 Å². The Balaban J connectivity index is 1.31. The number of carbonyl (C=O) groups excluding carboxylic acids is 2. The molecule has 31 heavy (non-hydrogen) atoms. The number of amides is 2. The van der Waals surface area contributed by atoms with Crippen LogP contribution < -0.4 is 4.74 Å². The third kappa shape index (κ3) is 5.12. The van der Waals surface area contributed by atoms with Gasteiger partial charge in [-0.2, -0.15) is 0 Å². The molecule has 1 aliphatic rings. The first-order chi connectivity index (χ1) is 15.1. The van der Waals surface area contributed by atoms with Crippen molar-refractivity contribution in [3.05, 3.63) is 89.6 Å². The number of para-hydroxylation sites is 1. The van der Waals surface area contributed by atoms with Gasteiger partial charge in [0, 0.05) is 31.7 Å². The third-order valence-corrected chi connectivity index (χ3v) is 5.27. The van der Waals surface area contributed by atoms with E-state index in [1.807, 2.05) is 30.3 Å². The molecule has 2 amide bonds. The van der Waals surface area contributed by atoms with Gasteiger partial charge in [0.1, 0.15) is 18.2 Å². The van der Waals surface area contributed by atoms with Crippen LogP contribution in [0.15, 0.2) is 71.3 Å². The standard InChI is InChI=1S/C24H23FN2O4/c25-20-8-6-18(7-9-20)16-22(28)26-11-13-27(14-12-26)24(29)23-19(10-15-30-23)17-31-21-4-2-1-3-5-21/h1-10,15H,11-14,16-17H2. The fourth-order valence-corrected chi connectivity index (χ4v) is 3.51. The number of hydrogen-bond donors (Lipinski definition) is 0. The van der Waals surface area contributed by atoms with E-state index in [9.17, 15) is 14.0 Å². The topological polar surface area (TPSA) is 63.0 Å². The van der Waals surface area contributed by atoms with Gasteiger partial charge in [0.15, 0.2) is 5.76 Å². The summed E-state index contributed by atoms with van der Waals surface area (Å²) in [5.41, 5.74) is 1.45. The molecule has 7 heteroatoms. The van der Waals surface area contributed by atoms with Crippen LogP contribution in [0.4, 0.5) is 4.39 Å². The van der Waals surface area contributed by atoms with Gasteiger partial charge in [-0.15, -0.1) is 0 Å². The van der Waals surface area contributed by atoms with E-state index in [1.54, 1.807) is 28.0 Å². The van der Waals surface area contributed by atoms with Crippen LogP contribution in [0.1, 0.15) is 21.7 Å². The molecule has 160 valence electrons. The first kappa shape index (κ1) is 20.7. The molecule has 6 nitrogen and oxygen atoms in total. The smallest absolute Gasteiger partial charge is 0.290 e. The van der Waals surface area contributed by atoms with Crippen LogP contribution in [0, 0.1) is 5.82 Å². The molecule has 0 saturated carbocycles. The van der Waals surface area contributed by atoms with Crippen LogP contribution >= 0.6 is 0 Å². The number of benzene rings is 2. The Morgan fingerprint density at radius 3 is 2.29 bits per heavy atom. The molecule has 1 aromatic heterocycles. The van der Waals surface area contributed by atoms with Crippen molar-refractivity contribution in [1.82, 2.24) is 9.80 Å². The molecule has 3 aromatic rings. The minimum Gasteiger partial charge on any atom is -0.489 e. The van der Waals surface area contributed by atoms with Crippen LogP contribution in [0.5, 0.6) is 5.75 Å². The normalized spacial score (nSPS) is 13.8. The van der Waals surface area contributed by atoms with Crippen LogP contribution in [0.3, 0.4) is 0 Å². The zero-order valence-electron chi connectivity index (χ0n) is 17.0. The SMILES string of the molecule is O=C(Cc1ccc(F)cc1)N1CCN(C(=O)c2occc2COc2ccccc2)CC1. The van der Waals surface area contributed by atoms with E-state index >= 15 is 0 Å². The molecule has 0 bridgehead atoms. The van der Waals surface area contributed by atoms with Gasteiger partial charge in [-0.25, -0.2) is 4.39 Å². The van der Waals surface area contributed by atoms with E-state index in [4.69, 9.17) is 9.15 Å². The van der Waals surface area contributed by atoms with E-state index in [2.05, 4.69) is 0 Å². The molecule has 1 fully saturated rings. The second-order valence-corrected chi connectivity index (χ2v) is 7.35. The molecular weight excluding hydrogens is 399 g/mol.